The maximum Gasteiger partial charge on any atom is 0.180 e. The first kappa shape index (κ1) is 11.7. The van der Waals surface area contributed by atoms with Crippen LogP contribution in [0.1, 0.15) is 20.3 Å². The molecule has 0 atom stereocenters. The standard InChI is InChI=1S/C11H17N5O/c1-11(2,3-6-17)15-9-10-13-4-5-16(10)7-8(12)14-9/h4-5,7,17H,3,6,12H2,1-2H3,(H,14,15). The second-order valence-electron chi connectivity index (χ2n) is 4.65. The minimum absolute atomic E-state index is 0.118. The molecule has 0 spiro atoms. The van der Waals surface area contributed by atoms with Crippen molar-refractivity contribution in [2.45, 2.75) is 25.8 Å². The second-order valence-corrected chi connectivity index (χ2v) is 4.65. The number of aliphatic hydroxyl groups is 1. The Morgan fingerprint density at radius 3 is 3.00 bits per heavy atom. The summed E-state index contributed by atoms with van der Waals surface area (Å²) in [5.41, 5.74) is 6.19. The maximum atomic E-state index is 9.00. The number of aliphatic hydroxyl groups excluding tert-OH is 1. The number of anilines is 2. The molecule has 2 aromatic heterocycles. The van der Waals surface area contributed by atoms with Gasteiger partial charge in [-0.1, -0.05) is 0 Å². The molecular weight excluding hydrogens is 218 g/mol. The fourth-order valence-corrected chi connectivity index (χ4v) is 1.70. The molecule has 6 heteroatoms. The zero-order valence-corrected chi connectivity index (χ0v) is 10.0. The first-order chi connectivity index (χ1) is 8.02. The Kier molecular flexibility index (Phi) is 2.89. The number of aromatic nitrogens is 3. The normalized spacial score (nSPS) is 11.9. The van der Waals surface area contributed by atoms with Crippen LogP contribution in [0.4, 0.5) is 11.6 Å². The van der Waals surface area contributed by atoms with Crippen molar-refractivity contribution in [3.05, 3.63) is 18.6 Å². The molecule has 2 aromatic rings. The van der Waals surface area contributed by atoms with Crippen molar-refractivity contribution in [2.24, 2.45) is 0 Å². The topological polar surface area (TPSA) is 88.5 Å². The van der Waals surface area contributed by atoms with Crippen LogP contribution < -0.4 is 11.1 Å². The summed E-state index contributed by atoms with van der Waals surface area (Å²) in [4.78, 5) is 8.47. The van der Waals surface area contributed by atoms with Gasteiger partial charge in [-0.3, -0.25) is 0 Å². The van der Waals surface area contributed by atoms with Crippen LogP contribution in [0, 0.1) is 0 Å². The highest BCUT2D eigenvalue weighted by atomic mass is 16.3. The molecule has 0 aliphatic carbocycles. The van der Waals surface area contributed by atoms with Gasteiger partial charge in [0.15, 0.2) is 11.5 Å². The molecule has 0 fully saturated rings. The van der Waals surface area contributed by atoms with Crippen molar-refractivity contribution in [1.29, 1.82) is 0 Å². The molecule has 0 bridgehead atoms. The van der Waals surface area contributed by atoms with Crippen LogP contribution >= 0.6 is 0 Å². The van der Waals surface area contributed by atoms with E-state index in [4.69, 9.17) is 10.8 Å². The summed E-state index contributed by atoms with van der Waals surface area (Å²) in [5.74, 6) is 1.06. The molecule has 0 saturated heterocycles. The SMILES string of the molecule is CC(C)(CCO)Nc1nc(N)cn2ccnc12. The summed E-state index contributed by atoms with van der Waals surface area (Å²) in [6.45, 7) is 4.11. The van der Waals surface area contributed by atoms with Gasteiger partial charge in [0.2, 0.25) is 0 Å². The van der Waals surface area contributed by atoms with Gasteiger partial charge < -0.3 is 20.6 Å². The Labute approximate surface area is 99.5 Å². The number of rotatable bonds is 4. The summed E-state index contributed by atoms with van der Waals surface area (Å²) in [7, 11) is 0. The van der Waals surface area contributed by atoms with E-state index in [1.54, 1.807) is 12.4 Å². The molecule has 2 heterocycles. The van der Waals surface area contributed by atoms with E-state index in [1.165, 1.54) is 0 Å². The Morgan fingerprint density at radius 2 is 2.29 bits per heavy atom. The first-order valence-corrected chi connectivity index (χ1v) is 5.50. The summed E-state index contributed by atoms with van der Waals surface area (Å²) in [6, 6.07) is 0. The van der Waals surface area contributed by atoms with Crippen LogP contribution in [-0.2, 0) is 0 Å². The first-order valence-electron chi connectivity index (χ1n) is 5.50. The van der Waals surface area contributed by atoms with Crippen LogP contribution in [0.2, 0.25) is 0 Å². The van der Waals surface area contributed by atoms with E-state index < -0.39 is 0 Å². The number of nitrogens with zero attached hydrogens (tertiary/aromatic N) is 3. The molecule has 2 rings (SSSR count). The quantitative estimate of drug-likeness (QED) is 0.732. The van der Waals surface area contributed by atoms with E-state index in [2.05, 4.69) is 15.3 Å². The predicted octanol–water partition coefficient (Wildman–Crippen LogP) is 0.884. The number of fused-ring (bicyclic) bond motifs is 1. The monoisotopic (exact) mass is 235 g/mol. The average Bonchev–Trinajstić information content (AvgIpc) is 2.64. The molecule has 6 nitrogen and oxygen atoms in total. The van der Waals surface area contributed by atoms with Crippen molar-refractivity contribution in [3.63, 3.8) is 0 Å². The number of hydrogen-bond acceptors (Lipinski definition) is 5. The number of imidazole rings is 1. The average molecular weight is 235 g/mol. The van der Waals surface area contributed by atoms with Gasteiger partial charge in [-0.15, -0.1) is 0 Å². The Bertz CT molecular complexity index is 520. The minimum atomic E-state index is -0.262. The highest BCUT2D eigenvalue weighted by Gasteiger charge is 2.19. The molecule has 0 amide bonds. The van der Waals surface area contributed by atoms with Crippen LogP contribution in [0.3, 0.4) is 0 Å². The molecule has 0 aliphatic rings. The summed E-state index contributed by atoms with van der Waals surface area (Å²) >= 11 is 0. The Morgan fingerprint density at radius 1 is 1.53 bits per heavy atom. The molecule has 0 unspecified atom stereocenters. The fraction of sp³-hybridized carbons (Fsp3) is 0.455. The van der Waals surface area contributed by atoms with Gasteiger partial charge in [-0.2, -0.15) is 0 Å². The smallest absolute Gasteiger partial charge is 0.180 e. The largest absolute Gasteiger partial charge is 0.396 e. The maximum absolute atomic E-state index is 9.00. The number of hydrogen-bond donors (Lipinski definition) is 3. The zero-order valence-electron chi connectivity index (χ0n) is 10.0. The van der Waals surface area contributed by atoms with Crippen LogP contribution in [0.5, 0.6) is 0 Å². The van der Waals surface area contributed by atoms with E-state index in [9.17, 15) is 0 Å². The second kappa shape index (κ2) is 4.21. The molecule has 0 radical (unpaired) electrons. The van der Waals surface area contributed by atoms with Crippen molar-refractivity contribution < 1.29 is 5.11 Å². The van der Waals surface area contributed by atoms with Crippen molar-refractivity contribution in [2.75, 3.05) is 17.7 Å². The molecule has 0 aromatic carbocycles. The zero-order chi connectivity index (χ0) is 12.5. The summed E-state index contributed by atoms with van der Waals surface area (Å²) < 4.78 is 1.82. The number of nitrogens with one attached hydrogen (secondary N) is 1. The summed E-state index contributed by atoms with van der Waals surface area (Å²) in [6.07, 6.45) is 5.85. The molecule has 0 aliphatic heterocycles. The van der Waals surface area contributed by atoms with Crippen molar-refractivity contribution >= 4 is 17.3 Å². The van der Waals surface area contributed by atoms with Crippen molar-refractivity contribution in [3.8, 4) is 0 Å². The van der Waals surface area contributed by atoms with E-state index in [0.717, 1.165) is 5.65 Å². The lowest BCUT2D eigenvalue weighted by Crippen LogP contribution is -2.32. The molecular formula is C11H17N5O. The lowest BCUT2D eigenvalue weighted by molar-refractivity contribution is 0.260. The number of nitrogens with two attached hydrogens (primary N) is 1. The van der Waals surface area contributed by atoms with Gasteiger partial charge in [0.25, 0.3) is 0 Å². The third kappa shape index (κ3) is 2.47. The van der Waals surface area contributed by atoms with Gasteiger partial charge in [-0.25, -0.2) is 9.97 Å². The third-order valence-corrected chi connectivity index (χ3v) is 2.59. The van der Waals surface area contributed by atoms with Crippen molar-refractivity contribution in [1.82, 2.24) is 14.4 Å². The van der Waals surface area contributed by atoms with E-state index in [0.29, 0.717) is 18.1 Å². The van der Waals surface area contributed by atoms with Crippen LogP contribution in [-0.4, -0.2) is 31.6 Å². The summed E-state index contributed by atoms with van der Waals surface area (Å²) in [5, 5.41) is 12.3. The highest BCUT2D eigenvalue weighted by Crippen LogP contribution is 2.20. The predicted molar refractivity (Wildman–Crippen MR) is 66.8 cm³/mol. The van der Waals surface area contributed by atoms with Crippen LogP contribution in [0.25, 0.3) is 5.65 Å². The van der Waals surface area contributed by atoms with E-state index >= 15 is 0 Å². The Balaban J connectivity index is 2.37. The van der Waals surface area contributed by atoms with Gasteiger partial charge in [0.1, 0.15) is 5.82 Å². The molecule has 4 N–H and O–H groups in total. The minimum Gasteiger partial charge on any atom is -0.396 e. The lowest BCUT2D eigenvalue weighted by Gasteiger charge is -2.26. The molecule has 17 heavy (non-hydrogen) atoms. The van der Waals surface area contributed by atoms with E-state index in [-0.39, 0.29) is 12.1 Å². The van der Waals surface area contributed by atoms with Gasteiger partial charge in [-0.05, 0) is 20.3 Å². The van der Waals surface area contributed by atoms with Gasteiger partial charge in [0.05, 0.1) is 6.20 Å². The van der Waals surface area contributed by atoms with E-state index in [1.807, 2.05) is 24.4 Å². The highest BCUT2D eigenvalue weighted by molar-refractivity contribution is 5.65. The molecule has 92 valence electrons. The van der Waals surface area contributed by atoms with Crippen LogP contribution in [0.15, 0.2) is 18.6 Å². The lowest BCUT2D eigenvalue weighted by atomic mass is 10.0. The Hall–Kier alpha value is -1.82. The van der Waals surface area contributed by atoms with Gasteiger partial charge in [0, 0.05) is 24.5 Å². The van der Waals surface area contributed by atoms with Gasteiger partial charge >= 0.3 is 0 Å². The third-order valence-electron chi connectivity index (χ3n) is 2.59. The number of nitrogen functional groups attached to an aromatic ring is 1. The molecule has 0 saturated carbocycles. The fourth-order valence-electron chi connectivity index (χ4n) is 1.70.